The lowest BCUT2D eigenvalue weighted by Crippen LogP contribution is -2.30. The maximum Gasteiger partial charge on any atom is 0.330 e. The van der Waals surface area contributed by atoms with Gasteiger partial charge in [-0.1, -0.05) is 11.6 Å². The third kappa shape index (κ3) is 3.57. The predicted molar refractivity (Wildman–Crippen MR) is 115 cm³/mol. The van der Waals surface area contributed by atoms with E-state index in [0.29, 0.717) is 30.7 Å². The minimum absolute atomic E-state index is 0.396. The number of rotatable bonds is 6. The number of thiazole rings is 1. The summed E-state index contributed by atoms with van der Waals surface area (Å²) in [7, 11) is 0. The predicted octanol–water partition coefficient (Wildman–Crippen LogP) is 2.87. The van der Waals surface area contributed by atoms with Gasteiger partial charge in [0.2, 0.25) is 0 Å². The maximum absolute atomic E-state index is 12.6. The Morgan fingerprint density at radius 2 is 2.00 bits per heavy atom. The largest absolute Gasteiger partial charge is 0.330 e. The average molecular weight is 413 g/mol. The molecule has 8 nitrogen and oxygen atoms in total. The minimum Gasteiger partial charge on any atom is -0.321 e. The van der Waals surface area contributed by atoms with Crippen LogP contribution in [0.4, 0.5) is 0 Å². The molecule has 0 spiro atoms. The van der Waals surface area contributed by atoms with Crippen LogP contribution in [-0.4, -0.2) is 28.5 Å². The van der Waals surface area contributed by atoms with Crippen molar-refractivity contribution in [2.75, 3.05) is 0 Å². The number of aryl methyl sites for hydroxylation is 3. The fourth-order valence-corrected chi connectivity index (χ4v) is 4.40. The summed E-state index contributed by atoms with van der Waals surface area (Å²) in [6, 6.07) is 0. The molecule has 4 rings (SSSR count). The summed E-state index contributed by atoms with van der Waals surface area (Å²) >= 11 is 1.64. The van der Waals surface area contributed by atoms with Crippen LogP contribution in [0, 0.1) is 6.92 Å². The van der Waals surface area contributed by atoms with Crippen molar-refractivity contribution < 1.29 is 0 Å². The Morgan fingerprint density at radius 3 is 2.69 bits per heavy atom. The fourth-order valence-electron chi connectivity index (χ4n) is 3.58. The van der Waals surface area contributed by atoms with Crippen molar-refractivity contribution in [3.05, 3.63) is 61.3 Å². The fraction of sp³-hybridized carbons (Fsp3) is 0.400. The van der Waals surface area contributed by atoms with Crippen LogP contribution in [0.15, 0.2) is 33.6 Å². The molecule has 29 heavy (non-hydrogen) atoms. The average Bonchev–Trinajstić information content (AvgIpc) is 3.26. The Hall–Kier alpha value is -2.94. The Labute approximate surface area is 171 Å². The molecule has 4 aromatic heterocycles. The molecule has 0 bridgehead atoms. The molecule has 0 aliphatic rings. The Morgan fingerprint density at radius 1 is 1.21 bits per heavy atom. The second-order valence-corrected chi connectivity index (χ2v) is 8.58. The lowest BCUT2D eigenvalue weighted by atomic mass is 10.2. The number of allylic oxidation sites excluding steroid dienone is 2. The van der Waals surface area contributed by atoms with E-state index in [1.165, 1.54) is 15.0 Å². The number of nitrogens with zero attached hydrogens (tertiary/aromatic N) is 5. The number of aromatic nitrogens is 6. The third-order valence-electron chi connectivity index (χ3n) is 4.85. The van der Waals surface area contributed by atoms with Crippen LogP contribution in [0.3, 0.4) is 0 Å². The smallest absolute Gasteiger partial charge is 0.321 e. The van der Waals surface area contributed by atoms with Crippen molar-refractivity contribution >= 4 is 27.5 Å². The molecular weight excluding hydrogens is 388 g/mol. The van der Waals surface area contributed by atoms with Crippen LogP contribution in [0.2, 0.25) is 0 Å². The first-order chi connectivity index (χ1) is 13.9. The topological polar surface area (TPSA) is 90.0 Å². The normalized spacial score (nSPS) is 11.6. The molecule has 0 aliphatic carbocycles. The summed E-state index contributed by atoms with van der Waals surface area (Å²) < 4.78 is 5.45. The highest BCUT2D eigenvalue weighted by Crippen LogP contribution is 2.20. The summed E-state index contributed by atoms with van der Waals surface area (Å²) in [5.74, 6) is 0.739. The molecule has 152 valence electrons. The second-order valence-electron chi connectivity index (χ2n) is 7.37. The van der Waals surface area contributed by atoms with Crippen molar-refractivity contribution in [3.63, 3.8) is 0 Å². The van der Waals surface area contributed by atoms with Gasteiger partial charge in [0.05, 0.1) is 5.69 Å². The van der Waals surface area contributed by atoms with E-state index < -0.39 is 11.2 Å². The highest BCUT2D eigenvalue weighted by Gasteiger charge is 2.19. The number of imidazole rings is 2. The molecule has 0 unspecified atom stereocenters. The van der Waals surface area contributed by atoms with Crippen molar-refractivity contribution in [1.29, 1.82) is 0 Å². The van der Waals surface area contributed by atoms with Gasteiger partial charge in [0, 0.05) is 36.8 Å². The van der Waals surface area contributed by atoms with Gasteiger partial charge in [-0.25, -0.2) is 14.8 Å². The van der Waals surface area contributed by atoms with Gasteiger partial charge >= 0.3 is 5.69 Å². The standard InChI is InChI=1S/C20H24N6O2S/c1-5-25-17-16(18(27)23-19(25)28)26(8-6-7-12(2)3)15(22-17)9-14-11-24-10-13(4)29-20(24)21-14/h7,10-11H,5-6,8-9H2,1-4H3,(H,23,27,28). The first-order valence-corrected chi connectivity index (χ1v) is 10.5. The molecule has 9 heteroatoms. The lowest BCUT2D eigenvalue weighted by Gasteiger charge is -2.07. The molecule has 4 heterocycles. The summed E-state index contributed by atoms with van der Waals surface area (Å²) in [4.78, 5) is 38.8. The Bertz CT molecular complexity index is 1310. The van der Waals surface area contributed by atoms with Gasteiger partial charge in [-0.05, 0) is 34.1 Å². The molecule has 0 saturated heterocycles. The number of hydrogen-bond donors (Lipinski definition) is 1. The van der Waals surface area contributed by atoms with Gasteiger partial charge in [0.1, 0.15) is 5.82 Å². The van der Waals surface area contributed by atoms with E-state index in [1.807, 2.05) is 42.1 Å². The SMILES string of the molecule is CCn1c(=O)[nH]c(=O)c2c1nc(Cc1cn3cc(C)sc3n1)n2CCC=C(C)C. The van der Waals surface area contributed by atoms with E-state index in [-0.39, 0.29) is 0 Å². The van der Waals surface area contributed by atoms with Crippen molar-refractivity contribution in [2.24, 2.45) is 0 Å². The summed E-state index contributed by atoms with van der Waals surface area (Å²) in [6.07, 6.45) is 7.45. The van der Waals surface area contributed by atoms with Crippen LogP contribution in [0.25, 0.3) is 16.1 Å². The number of fused-ring (bicyclic) bond motifs is 2. The summed E-state index contributed by atoms with van der Waals surface area (Å²) in [6.45, 7) is 9.08. The second kappa shape index (κ2) is 7.47. The number of hydrogen-bond acceptors (Lipinski definition) is 5. The molecule has 0 atom stereocenters. The van der Waals surface area contributed by atoms with E-state index in [1.54, 1.807) is 11.3 Å². The van der Waals surface area contributed by atoms with Gasteiger partial charge in [-0.3, -0.25) is 18.7 Å². The number of nitrogens with one attached hydrogen (secondary N) is 1. The summed E-state index contributed by atoms with van der Waals surface area (Å²) in [5.41, 5.74) is 2.17. The molecule has 0 radical (unpaired) electrons. The van der Waals surface area contributed by atoms with Crippen LogP contribution in [-0.2, 0) is 19.5 Å². The molecule has 0 aromatic carbocycles. The zero-order valence-corrected chi connectivity index (χ0v) is 17.8. The number of H-pyrrole nitrogens is 1. The van der Waals surface area contributed by atoms with Gasteiger partial charge in [-0.2, -0.15) is 0 Å². The maximum atomic E-state index is 12.6. The first kappa shape index (κ1) is 19.4. The monoisotopic (exact) mass is 412 g/mol. The first-order valence-electron chi connectivity index (χ1n) is 9.67. The van der Waals surface area contributed by atoms with Gasteiger partial charge in [-0.15, -0.1) is 11.3 Å². The zero-order chi connectivity index (χ0) is 20.7. The third-order valence-corrected chi connectivity index (χ3v) is 5.76. The van der Waals surface area contributed by atoms with Crippen LogP contribution in [0.5, 0.6) is 0 Å². The van der Waals surface area contributed by atoms with Crippen LogP contribution < -0.4 is 11.2 Å². The van der Waals surface area contributed by atoms with E-state index >= 15 is 0 Å². The van der Waals surface area contributed by atoms with E-state index in [2.05, 4.69) is 18.0 Å². The molecule has 0 amide bonds. The molecule has 0 aliphatic heterocycles. The molecular formula is C20H24N6O2S. The van der Waals surface area contributed by atoms with Crippen LogP contribution >= 0.6 is 11.3 Å². The van der Waals surface area contributed by atoms with Gasteiger partial charge in [0.25, 0.3) is 5.56 Å². The van der Waals surface area contributed by atoms with Gasteiger partial charge in [0.15, 0.2) is 16.1 Å². The molecule has 0 fully saturated rings. The molecule has 4 aromatic rings. The Kier molecular flexibility index (Phi) is 4.99. The van der Waals surface area contributed by atoms with Crippen molar-refractivity contribution in [3.8, 4) is 0 Å². The molecule has 0 saturated carbocycles. The van der Waals surface area contributed by atoms with E-state index in [0.717, 1.165) is 22.9 Å². The highest BCUT2D eigenvalue weighted by atomic mass is 32.1. The summed E-state index contributed by atoms with van der Waals surface area (Å²) in [5, 5.41) is 0. The highest BCUT2D eigenvalue weighted by molar-refractivity contribution is 7.16. The van der Waals surface area contributed by atoms with E-state index in [4.69, 9.17) is 9.97 Å². The van der Waals surface area contributed by atoms with Gasteiger partial charge < -0.3 is 4.57 Å². The van der Waals surface area contributed by atoms with Crippen LogP contribution in [0.1, 0.15) is 43.6 Å². The van der Waals surface area contributed by atoms with E-state index in [9.17, 15) is 9.59 Å². The zero-order valence-electron chi connectivity index (χ0n) is 17.0. The lowest BCUT2D eigenvalue weighted by molar-refractivity contribution is 0.683. The quantitative estimate of drug-likeness (QED) is 0.493. The molecule has 1 N–H and O–H groups in total. The number of aromatic amines is 1. The minimum atomic E-state index is -0.427. The Balaban J connectivity index is 1.84. The van der Waals surface area contributed by atoms with Crippen molar-refractivity contribution in [2.45, 2.75) is 53.6 Å². The van der Waals surface area contributed by atoms with Crippen molar-refractivity contribution in [1.82, 2.24) is 28.5 Å².